The molecule has 4 heterocycles. The first-order valence-electron chi connectivity index (χ1n) is 23.1. The van der Waals surface area contributed by atoms with Gasteiger partial charge >= 0.3 is 0 Å². The summed E-state index contributed by atoms with van der Waals surface area (Å²) in [5.41, 5.74) is 20.9. The molecule has 4 nitrogen and oxygen atoms in total. The van der Waals surface area contributed by atoms with E-state index in [0.717, 1.165) is 33.6 Å². The summed E-state index contributed by atoms with van der Waals surface area (Å²) in [6.45, 7) is 0. The first-order valence-corrected chi connectivity index (χ1v) is 23.1. The molecule has 0 bridgehead atoms. The largest absolute Gasteiger partial charge is 0.309 e. The van der Waals surface area contributed by atoms with E-state index in [1.54, 1.807) is 0 Å². The van der Waals surface area contributed by atoms with E-state index in [2.05, 4.69) is 237 Å². The van der Waals surface area contributed by atoms with Crippen molar-refractivity contribution in [2.45, 2.75) is 0 Å². The molecule has 0 amide bonds. The van der Waals surface area contributed by atoms with Crippen LogP contribution in [0.15, 0.2) is 255 Å². The zero-order valence-electron chi connectivity index (χ0n) is 37.0. The Balaban J connectivity index is 0.990. The molecule has 0 fully saturated rings. The Kier molecular flexibility index (Phi) is 9.47. The molecule has 0 N–H and O–H groups in total. The molecule has 0 spiro atoms. The minimum Gasteiger partial charge on any atom is -0.309 e. The molecule has 0 aliphatic carbocycles. The van der Waals surface area contributed by atoms with Gasteiger partial charge in [-0.05, 0) is 141 Å². The van der Waals surface area contributed by atoms with Gasteiger partial charge in [-0.15, -0.1) is 0 Å². The zero-order chi connectivity index (χ0) is 45.0. The Morgan fingerprint density at radius 1 is 0.235 bits per heavy atom. The lowest BCUT2D eigenvalue weighted by atomic mass is 9.92. The molecule has 0 aliphatic heterocycles. The van der Waals surface area contributed by atoms with Crippen LogP contribution < -0.4 is 0 Å². The number of rotatable bonds is 8. The van der Waals surface area contributed by atoms with Gasteiger partial charge in [0, 0.05) is 68.8 Å². The summed E-state index contributed by atoms with van der Waals surface area (Å²) >= 11 is 0. The third-order valence-corrected chi connectivity index (χ3v) is 13.5. The van der Waals surface area contributed by atoms with Crippen LogP contribution in [0.3, 0.4) is 0 Å². The van der Waals surface area contributed by atoms with E-state index in [9.17, 15) is 0 Å². The predicted octanol–water partition coefficient (Wildman–Crippen LogP) is 16.7. The molecule has 0 aliphatic rings. The summed E-state index contributed by atoms with van der Waals surface area (Å²) in [7, 11) is 0. The van der Waals surface area contributed by atoms with Gasteiger partial charge in [-0.3, -0.25) is 9.97 Å². The molecule has 318 valence electrons. The standard InChI is InChI=1S/C64H42N4/c1-3-17-49(18-4-1)67-61-31-27-43(37-57(61)59-39-45(29-33-63(59)67)53-23-9-11-25-55(53)47-15-13-35-65-41-47)51-21-7-8-22-52(51)44-28-32-62-58(38-44)60-40-46(30-34-64(60)68(62)50-19-5-2-6-20-50)54-24-10-12-26-56(54)48-16-14-36-66-42-48/h1-42H. The third-order valence-electron chi connectivity index (χ3n) is 13.5. The fourth-order valence-electron chi connectivity index (χ4n) is 10.4. The van der Waals surface area contributed by atoms with Crippen molar-refractivity contribution in [1.29, 1.82) is 0 Å². The topological polar surface area (TPSA) is 35.6 Å². The van der Waals surface area contributed by atoms with Crippen LogP contribution in [0.5, 0.6) is 0 Å². The number of nitrogens with zero attached hydrogens (tertiary/aromatic N) is 4. The number of fused-ring (bicyclic) bond motifs is 6. The number of pyridine rings is 2. The molecule has 0 saturated carbocycles. The van der Waals surface area contributed by atoms with Crippen molar-refractivity contribution in [3.63, 3.8) is 0 Å². The van der Waals surface area contributed by atoms with Gasteiger partial charge in [0.05, 0.1) is 22.1 Å². The molecular formula is C64H42N4. The van der Waals surface area contributed by atoms with Crippen LogP contribution in [-0.2, 0) is 0 Å². The predicted molar refractivity (Wildman–Crippen MR) is 283 cm³/mol. The van der Waals surface area contributed by atoms with Gasteiger partial charge in [-0.25, -0.2) is 0 Å². The van der Waals surface area contributed by atoms with Crippen LogP contribution in [-0.4, -0.2) is 19.1 Å². The van der Waals surface area contributed by atoms with Crippen molar-refractivity contribution in [2.75, 3.05) is 0 Å². The number of benzene rings is 9. The maximum Gasteiger partial charge on any atom is 0.0541 e. The van der Waals surface area contributed by atoms with E-state index in [0.29, 0.717) is 0 Å². The van der Waals surface area contributed by atoms with Crippen molar-refractivity contribution >= 4 is 43.6 Å². The van der Waals surface area contributed by atoms with Crippen LogP contribution in [0.1, 0.15) is 0 Å². The molecule has 0 radical (unpaired) electrons. The highest BCUT2D eigenvalue weighted by Gasteiger charge is 2.20. The highest BCUT2D eigenvalue weighted by Crippen LogP contribution is 2.43. The molecule has 0 unspecified atom stereocenters. The number of para-hydroxylation sites is 2. The van der Waals surface area contributed by atoms with Crippen LogP contribution in [0.25, 0.3) is 122 Å². The molecule has 68 heavy (non-hydrogen) atoms. The number of hydrogen-bond acceptors (Lipinski definition) is 2. The summed E-state index contributed by atoms with van der Waals surface area (Å²) in [4.78, 5) is 8.91. The Morgan fingerprint density at radius 3 is 0.794 bits per heavy atom. The lowest BCUT2D eigenvalue weighted by Crippen LogP contribution is -1.93. The second-order valence-electron chi connectivity index (χ2n) is 17.4. The quantitative estimate of drug-likeness (QED) is 0.153. The second kappa shape index (κ2) is 16.4. The highest BCUT2D eigenvalue weighted by molar-refractivity contribution is 6.14. The third kappa shape index (κ3) is 6.61. The summed E-state index contributed by atoms with van der Waals surface area (Å²) < 4.78 is 4.80. The minimum absolute atomic E-state index is 1.10. The van der Waals surface area contributed by atoms with Gasteiger partial charge in [0.15, 0.2) is 0 Å². The Bertz CT molecular complexity index is 3740. The molecule has 4 aromatic heterocycles. The van der Waals surface area contributed by atoms with E-state index >= 15 is 0 Å². The summed E-state index contributed by atoms with van der Waals surface area (Å²) in [6, 6.07) is 83.7. The summed E-state index contributed by atoms with van der Waals surface area (Å²) in [5.74, 6) is 0. The molecule has 0 saturated heterocycles. The van der Waals surface area contributed by atoms with Gasteiger partial charge in [0.1, 0.15) is 0 Å². The smallest absolute Gasteiger partial charge is 0.0541 e. The fourth-order valence-corrected chi connectivity index (χ4v) is 10.4. The lowest BCUT2D eigenvalue weighted by molar-refractivity contribution is 1.18. The van der Waals surface area contributed by atoms with E-state index in [1.165, 1.54) is 88.1 Å². The monoisotopic (exact) mass is 866 g/mol. The van der Waals surface area contributed by atoms with E-state index < -0.39 is 0 Å². The zero-order valence-corrected chi connectivity index (χ0v) is 37.0. The first kappa shape index (κ1) is 39.3. The Hall–Kier alpha value is -9.12. The Morgan fingerprint density at radius 2 is 0.515 bits per heavy atom. The molecule has 0 atom stereocenters. The van der Waals surface area contributed by atoms with Gasteiger partial charge in [-0.2, -0.15) is 0 Å². The van der Waals surface area contributed by atoms with Crippen molar-refractivity contribution in [1.82, 2.24) is 19.1 Å². The van der Waals surface area contributed by atoms with E-state index in [-0.39, 0.29) is 0 Å². The van der Waals surface area contributed by atoms with Crippen LogP contribution in [0.2, 0.25) is 0 Å². The molecule has 9 aromatic carbocycles. The van der Waals surface area contributed by atoms with Crippen molar-refractivity contribution in [3.05, 3.63) is 255 Å². The molecule has 4 heteroatoms. The van der Waals surface area contributed by atoms with Gasteiger partial charge < -0.3 is 9.13 Å². The normalized spacial score (nSPS) is 11.5. The van der Waals surface area contributed by atoms with E-state index in [1.807, 2.05) is 36.9 Å². The fraction of sp³-hybridized carbons (Fsp3) is 0. The number of aromatic nitrogens is 4. The summed E-state index contributed by atoms with van der Waals surface area (Å²) in [6.07, 6.45) is 7.55. The van der Waals surface area contributed by atoms with Crippen molar-refractivity contribution in [2.24, 2.45) is 0 Å². The molecule has 13 rings (SSSR count). The van der Waals surface area contributed by atoms with Crippen LogP contribution >= 0.6 is 0 Å². The van der Waals surface area contributed by atoms with Gasteiger partial charge in [0.2, 0.25) is 0 Å². The van der Waals surface area contributed by atoms with Crippen LogP contribution in [0, 0.1) is 0 Å². The molecular weight excluding hydrogens is 825 g/mol. The molecule has 13 aromatic rings. The Labute approximate surface area is 394 Å². The van der Waals surface area contributed by atoms with Crippen molar-refractivity contribution < 1.29 is 0 Å². The number of hydrogen-bond donors (Lipinski definition) is 0. The van der Waals surface area contributed by atoms with E-state index in [4.69, 9.17) is 0 Å². The SMILES string of the molecule is c1ccc(-n2c3ccc(-c4ccccc4-c4cccnc4)cc3c3cc(-c4ccccc4-c4ccc5c(c4)c4cc(-c6ccccc6-c6cccnc6)ccc4n5-c4ccccc4)ccc32)cc1. The maximum atomic E-state index is 4.45. The summed E-state index contributed by atoms with van der Waals surface area (Å²) in [5, 5.41) is 4.82. The van der Waals surface area contributed by atoms with Crippen LogP contribution in [0.4, 0.5) is 0 Å². The minimum atomic E-state index is 1.10. The highest BCUT2D eigenvalue weighted by atomic mass is 15.0. The average Bonchev–Trinajstić information content (AvgIpc) is 3.93. The van der Waals surface area contributed by atoms with Gasteiger partial charge in [0.25, 0.3) is 0 Å². The second-order valence-corrected chi connectivity index (χ2v) is 17.4. The average molecular weight is 867 g/mol. The first-order chi connectivity index (χ1) is 33.7. The van der Waals surface area contributed by atoms with Crippen molar-refractivity contribution in [3.8, 4) is 78.1 Å². The lowest BCUT2D eigenvalue weighted by Gasteiger charge is -2.12. The van der Waals surface area contributed by atoms with Gasteiger partial charge in [-0.1, -0.05) is 146 Å². The maximum absolute atomic E-state index is 4.45.